The molecule has 1 atom stereocenters. The largest absolute Gasteiger partial charge is 0.459 e. The van der Waals surface area contributed by atoms with E-state index < -0.39 is 0 Å². The molecule has 0 aliphatic carbocycles. The lowest BCUT2D eigenvalue weighted by Crippen LogP contribution is -2.19. The van der Waals surface area contributed by atoms with Gasteiger partial charge in [-0.1, -0.05) is 33.3 Å². The molecule has 0 aliphatic rings. The molecule has 0 aromatic rings. The quantitative estimate of drug-likeness (QED) is 0.276. The van der Waals surface area contributed by atoms with E-state index in [1.807, 2.05) is 6.92 Å². The highest BCUT2D eigenvalue weighted by molar-refractivity contribution is 6.22. The summed E-state index contributed by atoms with van der Waals surface area (Å²) < 4.78 is 5.28. The second-order valence-electron chi connectivity index (χ2n) is 3.67. The number of rotatable bonds is 8. The molecule has 0 aromatic carbocycles. The molecular weight excluding hydrogens is 212 g/mol. The van der Waals surface area contributed by atoms with Gasteiger partial charge in [0.05, 0.1) is 5.88 Å². The minimum absolute atomic E-state index is 0.0176. The van der Waals surface area contributed by atoms with E-state index in [2.05, 4.69) is 13.5 Å². The molecule has 0 spiro atoms. The molecule has 3 heteroatoms. The summed E-state index contributed by atoms with van der Waals surface area (Å²) in [5, 5.41) is 0. The van der Waals surface area contributed by atoms with Gasteiger partial charge in [-0.05, 0) is 19.3 Å². The maximum atomic E-state index is 11.4. The van der Waals surface area contributed by atoms with Crippen LogP contribution in [0.3, 0.4) is 0 Å². The van der Waals surface area contributed by atoms with Crippen LogP contribution in [0.4, 0.5) is 0 Å². The van der Waals surface area contributed by atoms with Gasteiger partial charge in [0, 0.05) is 5.57 Å². The summed E-state index contributed by atoms with van der Waals surface area (Å²) in [7, 11) is 0. The van der Waals surface area contributed by atoms with Gasteiger partial charge in [-0.2, -0.15) is 0 Å². The first-order valence-corrected chi connectivity index (χ1v) is 6.13. The first kappa shape index (κ1) is 14.5. The molecule has 0 fully saturated rings. The smallest absolute Gasteiger partial charge is 0.334 e. The lowest BCUT2D eigenvalue weighted by atomic mass is 10.1. The summed E-state index contributed by atoms with van der Waals surface area (Å²) in [6.45, 7) is 7.73. The van der Waals surface area contributed by atoms with Crippen LogP contribution in [0.1, 0.15) is 46.0 Å². The van der Waals surface area contributed by atoms with Crippen molar-refractivity contribution in [1.29, 1.82) is 0 Å². The molecule has 0 heterocycles. The van der Waals surface area contributed by atoms with Crippen LogP contribution in [0.5, 0.6) is 0 Å². The molecule has 0 amide bonds. The molecule has 2 nitrogen and oxygen atoms in total. The molecule has 88 valence electrons. The van der Waals surface area contributed by atoms with Gasteiger partial charge in [-0.15, -0.1) is 11.6 Å². The first-order valence-electron chi connectivity index (χ1n) is 5.60. The number of carbonyl (C=O) groups is 1. The highest BCUT2D eigenvalue weighted by atomic mass is 35.5. The van der Waals surface area contributed by atoms with Crippen LogP contribution in [0, 0.1) is 0 Å². The summed E-state index contributed by atoms with van der Waals surface area (Å²) in [6, 6.07) is 0. The van der Waals surface area contributed by atoms with Crippen molar-refractivity contribution in [2.45, 2.75) is 52.1 Å². The van der Waals surface area contributed by atoms with Crippen LogP contribution in [-0.2, 0) is 9.53 Å². The molecule has 0 N–H and O–H groups in total. The molecule has 0 radical (unpaired) electrons. The minimum Gasteiger partial charge on any atom is -0.459 e. The Morgan fingerprint density at radius 1 is 1.40 bits per heavy atom. The Hall–Kier alpha value is -0.500. The number of alkyl halides is 1. The molecule has 0 aromatic heterocycles. The fraction of sp³-hybridized carbons (Fsp3) is 0.750. The van der Waals surface area contributed by atoms with Crippen LogP contribution in [0.15, 0.2) is 12.2 Å². The average Bonchev–Trinajstić information content (AvgIpc) is 2.26. The summed E-state index contributed by atoms with van der Waals surface area (Å²) in [5.74, 6) is -0.210. The lowest BCUT2D eigenvalue weighted by Gasteiger charge is -2.16. The Labute approximate surface area is 97.6 Å². The normalized spacial score (nSPS) is 12.2. The van der Waals surface area contributed by atoms with Gasteiger partial charge in [0.25, 0.3) is 0 Å². The van der Waals surface area contributed by atoms with E-state index in [9.17, 15) is 4.79 Å². The fourth-order valence-electron chi connectivity index (χ4n) is 1.26. The minimum atomic E-state index is -0.353. The number of esters is 1. The van der Waals surface area contributed by atoms with Crippen LogP contribution in [0.2, 0.25) is 0 Å². The summed E-state index contributed by atoms with van der Waals surface area (Å²) in [4.78, 5) is 11.4. The van der Waals surface area contributed by atoms with Crippen LogP contribution >= 0.6 is 11.6 Å². The molecule has 1 unspecified atom stereocenters. The van der Waals surface area contributed by atoms with Crippen molar-refractivity contribution >= 4 is 17.6 Å². The zero-order chi connectivity index (χ0) is 11.7. The zero-order valence-electron chi connectivity index (χ0n) is 9.72. The highest BCUT2D eigenvalue weighted by Crippen LogP contribution is 2.12. The average molecular weight is 233 g/mol. The second kappa shape index (κ2) is 8.78. The van der Waals surface area contributed by atoms with E-state index in [-0.39, 0.29) is 18.0 Å². The molecule has 0 bridgehead atoms. The Kier molecular flexibility index (Phi) is 8.49. The molecule has 15 heavy (non-hydrogen) atoms. The Morgan fingerprint density at radius 2 is 2.07 bits per heavy atom. The number of carbonyl (C=O) groups excluding carboxylic acids is 1. The number of hydrogen-bond donors (Lipinski definition) is 0. The maximum Gasteiger partial charge on any atom is 0.334 e. The van der Waals surface area contributed by atoms with E-state index in [1.54, 1.807) is 0 Å². The van der Waals surface area contributed by atoms with Crippen LogP contribution in [0.25, 0.3) is 0 Å². The fourth-order valence-corrected chi connectivity index (χ4v) is 1.37. The Bertz CT molecular complexity index is 202. The Morgan fingerprint density at radius 3 is 2.53 bits per heavy atom. The van der Waals surface area contributed by atoms with E-state index in [1.165, 1.54) is 12.8 Å². The zero-order valence-corrected chi connectivity index (χ0v) is 10.5. The molecule has 0 saturated carbocycles. The molecule has 0 rings (SSSR count). The highest BCUT2D eigenvalue weighted by Gasteiger charge is 2.14. The van der Waals surface area contributed by atoms with Crippen molar-refractivity contribution in [1.82, 2.24) is 0 Å². The Balaban J connectivity index is 3.87. The van der Waals surface area contributed by atoms with Crippen molar-refractivity contribution in [3.8, 4) is 0 Å². The van der Waals surface area contributed by atoms with Crippen molar-refractivity contribution < 1.29 is 9.53 Å². The first-order chi connectivity index (χ1) is 7.15. The van der Waals surface area contributed by atoms with E-state index in [0.29, 0.717) is 5.57 Å². The second-order valence-corrected chi connectivity index (χ2v) is 3.94. The third kappa shape index (κ3) is 6.56. The van der Waals surface area contributed by atoms with Gasteiger partial charge < -0.3 is 4.74 Å². The number of halogens is 1. The predicted molar refractivity (Wildman–Crippen MR) is 64.2 cm³/mol. The van der Waals surface area contributed by atoms with Gasteiger partial charge in [-0.25, -0.2) is 4.79 Å². The van der Waals surface area contributed by atoms with E-state index in [0.717, 1.165) is 19.3 Å². The van der Waals surface area contributed by atoms with Crippen molar-refractivity contribution in [3.05, 3.63) is 12.2 Å². The monoisotopic (exact) mass is 232 g/mol. The SMILES string of the molecule is C=C(CCl)C(=O)OC(CC)CCCCC. The van der Waals surface area contributed by atoms with Crippen molar-refractivity contribution in [3.63, 3.8) is 0 Å². The number of ether oxygens (including phenoxy) is 1. The van der Waals surface area contributed by atoms with E-state index >= 15 is 0 Å². The van der Waals surface area contributed by atoms with Gasteiger partial charge in [0.2, 0.25) is 0 Å². The van der Waals surface area contributed by atoms with Crippen molar-refractivity contribution in [2.24, 2.45) is 0 Å². The predicted octanol–water partition coefficient (Wildman–Crippen LogP) is 3.68. The van der Waals surface area contributed by atoms with Gasteiger partial charge >= 0.3 is 5.97 Å². The topological polar surface area (TPSA) is 26.3 Å². The molecule has 0 saturated heterocycles. The summed E-state index contributed by atoms with van der Waals surface area (Å²) in [5.41, 5.74) is 0.339. The summed E-state index contributed by atoms with van der Waals surface area (Å²) >= 11 is 5.50. The number of hydrogen-bond acceptors (Lipinski definition) is 2. The van der Waals surface area contributed by atoms with Crippen molar-refractivity contribution in [2.75, 3.05) is 5.88 Å². The third-order valence-corrected chi connectivity index (χ3v) is 2.63. The molecular formula is C12H21ClO2. The third-order valence-electron chi connectivity index (χ3n) is 2.31. The van der Waals surface area contributed by atoms with Gasteiger partial charge in [-0.3, -0.25) is 0 Å². The molecule has 0 aliphatic heterocycles. The van der Waals surface area contributed by atoms with Crippen LogP contribution in [-0.4, -0.2) is 18.0 Å². The van der Waals surface area contributed by atoms with Gasteiger partial charge in [0.15, 0.2) is 0 Å². The standard InChI is InChI=1S/C12H21ClO2/c1-4-6-7-8-11(5-2)15-12(14)10(3)9-13/h11H,3-9H2,1-2H3. The van der Waals surface area contributed by atoms with Gasteiger partial charge in [0.1, 0.15) is 6.10 Å². The van der Waals surface area contributed by atoms with Crippen LogP contribution < -0.4 is 0 Å². The summed E-state index contributed by atoms with van der Waals surface area (Å²) in [6.07, 6.45) is 5.28. The van der Waals surface area contributed by atoms with E-state index in [4.69, 9.17) is 16.3 Å². The lowest BCUT2D eigenvalue weighted by molar-refractivity contribution is -0.144. The number of unbranched alkanes of at least 4 members (excludes halogenated alkanes) is 2. The maximum absolute atomic E-state index is 11.4.